The maximum atomic E-state index is 13.7. The van der Waals surface area contributed by atoms with Gasteiger partial charge in [-0.1, -0.05) is 36.5 Å². The first-order valence-corrected chi connectivity index (χ1v) is 6.02. The highest BCUT2D eigenvalue weighted by Gasteiger charge is 2.75. The van der Waals surface area contributed by atoms with Gasteiger partial charge in [-0.05, 0) is 12.8 Å². The minimum absolute atomic E-state index is 0.277. The van der Waals surface area contributed by atoms with Crippen molar-refractivity contribution in [1.82, 2.24) is 0 Å². The Hall–Kier alpha value is -1.79. The van der Waals surface area contributed by atoms with Gasteiger partial charge < -0.3 is 0 Å². The fourth-order valence-corrected chi connectivity index (χ4v) is 2.04. The summed E-state index contributed by atoms with van der Waals surface area (Å²) in [5.74, 6) is -18.7. The van der Waals surface area contributed by atoms with Crippen LogP contribution < -0.4 is 0 Å². The summed E-state index contributed by atoms with van der Waals surface area (Å²) in [7, 11) is 0. The number of carbonyl (C=O) groups excluding carboxylic acids is 1. The van der Waals surface area contributed by atoms with E-state index < -0.39 is 41.1 Å². The molecular formula is C14H10F6O. The monoisotopic (exact) mass is 308 g/mol. The SMILES string of the molecule is O=C(C1=CC=CC1)C(F)(F)C(F)(F)C(F)(F)C1=CC=CC1. The van der Waals surface area contributed by atoms with Crippen LogP contribution in [0.5, 0.6) is 0 Å². The highest BCUT2D eigenvalue weighted by atomic mass is 19.3. The van der Waals surface area contributed by atoms with Crippen molar-refractivity contribution in [3.8, 4) is 0 Å². The Morgan fingerprint density at radius 3 is 1.95 bits per heavy atom. The fraction of sp³-hybridized carbons (Fsp3) is 0.357. The highest BCUT2D eigenvalue weighted by molar-refractivity contribution is 6.02. The zero-order valence-corrected chi connectivity index (χ0v) is 10.6. The Morgan fingerprint density at radius 2 is 1.48 bits per heavy atom. The van der Waals surface area contributed by atoms with Gasteiger partial charge in [0.25, 0.3) is 0 Å². The van der Waals surface area contributed by atoms with E-state index in [1.807, 2.05) is 0 Å². The molecule has 0 aromatic carbocycles. The standard InChI is InChI=1S/C14H10F6O/c15-12(16,10-7-3-4-8-10)14(19,20)13(17,18)11(21)9-5-1-2-6-9/h1-5,7H,6,8H2. The third-order valence-electron chi connectivity index (χ3n) is 3.31. The van der Waals surface area contributed by atoms with E-state index in [-0.39, 0.29) is 6.42 Å². The highest BCUT2D eigenvalue weighted by Crippen LogP contribution is 2.51. The van der Waals surface area contributed by atoms with E-state index in [2.05, 4.69) is 0 Å². The molecule has 0 unspecified atom stereocenters. The molecule has 7 heteroatoms. The van der Waals surface area contributed by atoms with Gasteiger partial charge in [0.2, 0.25) is 5.78 Å². The Bertz CT molecular complexity index is 580. The number of alkyl halides is 6. The van der Waals surface area contributed by atoms with Crippen LogP contribution in [0.1, 0.15) is 12.8 Å². The zero-order chi connectivity index (χ0) is 15.9. The van der Waals surface area contributed by atoms with Crippen LogP contribution in [0.4, 0.5) is 26.3 Å². The van der Waals surface area contributed by atoms with Gasteiger partial charge in [-0.25, -0.2) is 0 Å². The molecule has 0 fully saturated rings. The Kier molecular flexibility index (Phi) is 3.63. The Labute approximate surface area is 116 Å². The maximum absolute atomic E-state index is 13.7. The van der Waals surface area contributed by atoms with Gasteiger partial charge in [-0.2, -0.15) is 26.3 Å². The predicted molar refractivity (Wildman–Crippen MR) is 63.5 cm³/mol. The largest absolute Gasteiger partial charge is 0.383 e. The van der Waals surface area contributed by atoms with Gasteiger partial charge in [-0.15, -0.1) is 0 Å². The summed E-state index contributed by atoms with van der Waals surface area (Å²) in [5, 5.41) is 0. The number of carbonyl (C=O) groups is 1. The molecule has 0 bridgehead atoms. The number of allylic oxidation sites excluding steroid dienone is 8. The molecule has 0 saturated heterocycles. The zero-order valence-electron chi connectivity index (χ0n) is 10.6. The van der Waals surface area contributed by atoms with Crippen molar-refractivity contribution in [2.24, 2.45) is 0 Å². The Morgan fingerprint density at radius 1 is 0.905 bits per heavy atom. The molecule has 0 aliphatic heterocycles. The van der Waals surface area contributed by atoms with E-state index in [9.17, 15) is 31.1 Å². The molecule has 0 spiro atoms. The molecule has 0 saturated carbocycles. The summed E-state index contributed by atoms with van der Waals surface area (Å²) in [6.45, 7) is 0. The first kappa shape index (κ1) is 15.6. The van der Waals surface area contributed by atoms with Crippen LogP contribution in [-0.4, -0.2) is 23.6 Å². The van der Waals surface area contributed by atoms with Crippen molar-refractivity contribution < 1.29 is 31.1 Å². The minimum atomic E-state index is -5.81. The molecule has 2 aliphatic rings. The average Bonchev–Trinajstić information content (AvgIpc) is 3.10. The van der Waals surface area contributed by atoms with E-state index in [1.165, 1.54) is 12.2 Å². The molecule has 2 aliphatic carbocycles. The van der Waals surface area contributed by atoms with Crippen LogP contribution >= 0.6 is 0 Å². The predicted octanol–water partition coefficient (Wildman–Crippen LogP) is 4.23. The summed E-state index contributed by atoms with van der Waals surface area (Å²) in [4.78, 5) is 11.5. The summed E-state index contributed by atoms with van der Waals surface area (Å²) in [6.07, 6.45) is 5.47. The van der Waals surface area contributed by atoms with Gasteiger partial charge in [0.15, 0.2) is 0 Å². The van der Waals surface area contributed by atoms with E-state index in [4.69, 9.17) is 0 Å². The molecule has 0 amide bonds. The number of Topliss-reactive ketones (excluding diaryl/α,β-unsaturated/α-hetero) is 1. The van der Waals surface area contributed by atoms with Gasteiger partial charge in [0.1, 0.15) is 0 Å². The van der Waals surface area contributed by atoms with E-state index in [0.29, 0.717) is 6.08 Å². The van der Waals surface area contributed by atoms with E-state index >= 15 is 0 Å². The second-order valence-electron chi connectivity index (χ2n) is 4.70. The molecule has 0 aromatic heterocycles. The third-order valence-corrected chi connectivity index (χ3v) is 3.31. The lowest BCUT2D eigenvalue weighted by Crippen LogP contribution is -2.58. The Balaban J connectivity index is 2.34. The van der Waals surface area contributed by atoms with Crippen molar-refractivity contribution in [2.45, 2.75) is 30.6 Å². The molecule has 2 rings (SSSR count). The second-order valence-corrected chi connectivity index (χ2v) is 4.70. The fourth-order valence-electron chi connectivity index (χ4n) is 2.04. The molecular weight excluding hydrogens is 298 g/mol. The smallest absolute Gasteiger partial charge is 0.287 e. The molecule has 1 nitrogen and oxygen atoms in total. The van der Waals surface area contributed by atoms with Crippen molar-refractivity contribution in [3.63, 3.8) is 0 Å². The number of hydrogen-bond donors (Lipinski definition) is 0. The minimum Gasteiger partial charge on any atom is -0.287 e. The van der Waals surface area contributed by atoms with Crippen molar-refractivity contribution in [3.05, 3.63) is 47.6 Å². The molecule has 0 aromatic rings. The van der Waals surface area contributed by atoms with Gasteiger partial charge >= 0.3 is 17.8 Å². The number of rotatable bonds is 5. The maximum Gasteiger partial charge on any atom is 0.383 e. The van der Waals surface area contributed by atoms with Crippen LogP contribution in [0.3, 0.4) is 0 Å². The first-order chi connectivity index (χ1) is 9.62. The van der Waals surface area contributed by atoms with Crippen LogP contribution in [0.2, 0.25) is 0 Å². The van der Waals surface area contributed by atoms with Crippen LogP contribution in [0, 0.1) is 0 Å². The molecule has 21 heavy (non-hydrogen) atoms. The molecule has 114 valence electrons. The summed E-state index contributed by atoms with van der Waals surface area (Å²) >= 11 is 0. The summed E-state index contributed by atoms with van der Waals surface area (Å²) in [6, 6.07) is 0. The van der Waals surface area contributed by atoms with Gasteiger partial charge in [-0.3, -0.25) is 4.79 Å². The lowest BCUT2D eigenvalue weighted by Gasteiger charge is -2.32. The van der Waals surface area contributed by atoms with Gasteiger partial charge in [0.05, 0.1) is 0 Å². The van der Waals surface area contributed by atoms with Gasteiger partial charge in [0, 0.05) is 11.1 Å². The second kappa shape index (κ2) is 4.89. The normalized spacial score (nSPS) is 19.0. The van der Waals surface area contributed by atoms with E-state index in [0.717, 1.165) is 18.2 Å². The number of ketones is 1. The first-order valence-electron chi connectivity index (χ1n) is 6.02. The van der Waals surface area contributed by atoms with E-state index in [1.54, 1.807) is 0 Å². The molecule has 0 radical (unpaired) electrons. The molecule has 0 N–H and O–H groups in total. The van der Waals surface area contributed by atoms with Crippen molar-refractivity contribution >= 4 is 5.78 Å². The molecule has 0 atom stereocenters. The average molecular weight is 308 g/mol. The quantitative estimate of drug-likeness (QED) is 0.695. The summed E-state index contributed by atoms with van der Waals surface area (Å²) < 4.78 is 82.2. The third kappa shape index (κ3) is 2.24. The van der Waals surface area contributed by atoms with Crippen LogP contribution in [0.15, 0.2) is 47.6 Å². The van der Waals surface area contributed by atoms with Crippen LogP contribution in [-0.2, 0) is 4.79 Å². The molecule has 0 heterocycles. The lowest BCUT2D eigenvalue weighted by atomic mass is 9.91. The number of hydrogen-bond acceptors (Lipinski definition) is 1. The van der Waals surface area contributed by atoms with Crippen molar-refractivity contribution in [1.29, 1.82) is 0 Å². The number of halogens is 6. The summed E-state index contributed by atoms with van der Waals surface area (Å²) in [5.41, 5.74) is -1.76. The van der Waals surface area contributed by atoms with Crippen LogP contribution in [0.25, 0.3) is 0 Å². The lowest BCUT2D eigenvalue weighted by molar-refractivity contribution is -0.282. The van der Waals surface area contributed by atoms with Crippen molar-refractivity contribution in [2.75, 3.05) is 0 Å². The topological polar surface area (TPSA) is 17.1 Å².